The van der Waals surface area contributed by atoms with Gasteiger partial charge in [0.25, 0.3) is 11.5 Å². The number of nitro groups is 1. The topological polar surface area (TPSA) is 63.5 Å². The van der Waals surface area contributed by atoms with E-state index in [0.29, 0.717) is 24.2 Å². The van der Waals surface area contributed by atoms with Gasteiger partial charge in [-0.3, -0.25) is 14.9 Å². The van der Waals surface area contributed by atoms with Gasteiger partial charge >= 0.3 is 6.18 Å². The molecule has 0 bridgehead atoms. The lowest BCUT2D eigenvalue weighted by Crippen LogP contribution is -2.26. The highest BCUT2D eigenvalue weighted by Crippen LogP contribution is 2.34. The van der Waals surface area contributed by atoms with Gasteiger partial charge in [0.05, 0.1) is 10.5 Å². The summed E-state index contributed by atoms with van der Waals surface area (Å²) in [6, 6.07) is 11.8. The number of nitrogens with zero attached hydrogens (tertiary/aromatic N) is 2. The summed E-state index contributed by atoms with van der Waals surface area (Å²) in [5.41, 5.74) is 0.819. The molecular weight excluding hydrogens is 349 g/mol. The molecule has 2 aromatic rings. The highest BCUT2D eigenvalue weighted by molar-refractivity contribution is 6.23. The zero-order valence-corrected chi connectivity index (χ0v) is 13.4. The quantitative estimate of drug-likeness (QED) is 0.466. The normalized spacial score (nSPS) is 14.3. The number of Topliss-reactive ketones (excluding diaryl/α,β-unsaturated/α-hetero) is 1. The van der Waals surface area contributed by atoms with Crippen molar-refractivity contribution in [3.05, 3.63) is 76.0 Å². The highest BCUT2D eigenvalue weighted by atomic mass is 19.4. The molecule has 0 aromatic heterocycles. The molecule has 134 valence electrons. The Morgan fingerprint density at radius 1 is 1.15 bits per heavy atom. The Hall–Kier alpha value is -3.16. The Morgan fingerprint density at radius 3 is 2.46 bits per heavy atom. The highest BCUT2D eigenvalue weighted by Gasteiger charge is 2.41. The number of non-ortho nitro benzene ring substituents is 1. The smallest absolute Gasteiger partial charge is 0.347 e. The maximum Gasteiger partial charge on any atom is 0.454 e. The number of nitro benzene ring substituents is 1. The molecule has 0 saturated carbocycles. The second-order valence-corrected chi connectivity index (χ2v) is 5.75. The summed E-state index contributed by atoms with van der Waals surface area (Å²) in [5.74, 6) is -1.93. The van der Waals surface area contributed by atoms with E-state index in [2.05, 4.69) is 0 Å². The molecule has 0 fully saturated rings. The molecule has 0 atom stereocenters. The van der Waals surface area contributed by atoms with Gasteiger partial charge in [-0.15, -0.1) is 0 Å². The van der Waals surface area contributed by atoms with Crippen LogP contribution in [0.25, 0.3) is 5.57 Å². The predicted octanol–water partition coefficient (Wildman–Crippen LogP) is 4.13. The Kier molecular flexibility index (Phi) is 4.50. The fourth-order valence-electron chi connectivity index (χ4n) is 2.85. The monoisotopic (exact) mass is 362 g/mol. The minimum atomic E-state index is -5.00. The van der Waals surface area contributed by atoms with Crippen molar-refractivity contribution in [2.45, 2.75) is 12.6 Å². The molecule has 8 heteroatoms. The number of carbonyl (C=O) groups excluding carboxylic acids is 1. The van der Waals surface area contributed by atoms with Crippen molar-refractivity contribution < 1.29 is 22.9 Å². The maximum atomic E-state index is 13.0. The summed E-state index contributed by atoms with van der Waals surface area (Å²) in [6.07, 6.45) is -3.39. The number of carbonyl (C=O) groups is 1. The number of hydrogen-bond donors (Lipinski definition) is 0. The van der Waals surface area contributed by atoms with Crippen LogP contribution in [0.3, 0.4) is 0 Å². The number of halogens is 3. The molecule has 0 amide bonds. The van der Waals surface area contributed by atoms with E-state index in [1.807, 2.05) is 0 Å². The Bertz CT molecular complexity index is 892. The molecule has 1 aliphatic heterocycles. The van der Waals surface area contributed by atoms with E-state index < -0.39 is 22.5 Å². The van der Waals surface area contributed by atoms with Gasteiger partial charge in [0.1, 0.15) is 0 Å². The number of ketones is 1. The van der Waals surface area contributed by atoms with Gasteiger partial charge in [-0.05, 0) is 23.6 Å². The fraction of sp³-hybridized carbons (Fsp3) is 0.167. The number of hydrogen-bond acceptors (Lipinski definition) is 4. The number of rotatable bonds is 4. The van der Waals surface area contributed by atoms with Crippen molar-refractivity contribution in [3.63, 3.8) is 0 Å². The van der Waals surface area contributed by atoms with Gasteiger partial charge < -0.3 is 4.90 Å². The average Bonchev–Trinajstić information content (AvgIpc) is 3.01. The van der Waals surface area contributed by atoms with Crippen LogP contribution in [0.15, 0.2) is 54.7 Å². The van der Waals surface area contributed by atoms with Crippen LogP contribution in [0.2, 0.25) is 0 Å². The maximum absolute atomic E-state index is 13.0. The molecule has 0 saturated heterocycles. The Morgan fingerprint density at radius 2 is 1.85 bits per heavy atom. The molecule has 0 unspecified atom stereocenters. The van der Waals surface area contributed by atoms with Gasteiger partial charge in [0, 0.05) is 30.6 Å². The van der Waals surface area contributed by atoms with Gasteiger partial charge in [-0.2, -0.15) is 13.2 Å². The van der Waals surface area contributed by atoms with Gasteiger partial charge in [0.15, 0.2) is 0 Å². The van der Waals surface area contributed by atoms with Crippen molar-refractivity contribution >= 4 is 22.7 Å². The lowest BCUT2D eigenvalue weighted by molar-refractivity contribution is -0.384. The minimum absolute atomic E-state index is 0.0794. The first kappa shape index (κ1) is 17.7. The minimum Gasteiger partial charge on any atom is -0.347 e. The van der Waals surface area contributed by atoms with Crippen LogP contribution in [0.5, 0.6) is 0 Å². The first-order chi connectivity index (χ1) is 12.3. The van der Waals surface area contributed by atoms with E-state index in [1.54, 1.807) is 18.2 Å². The molecule has 0 N–H and O–H groups in total. The number of alkyl halides is 3. The van der Waals surface area contributed by atoms with Crippen LogP contribution < -0.4 is 4.90 Å². The fourth-order valence-corrected chi connectivity index (χ4v) is 2.85. The van der Waals surface area contributed by atoms with E-state index >= 15 is 0 Å². The zero-order chi connectivity index (χ0) is 18.9. The Labute approximate surface area is 146 Å². The summed E-state index contributed by atoms with van der Waals surface area (Å²) >= 11 is 0. The van der Waals surface area contributed by atoms with E-state index in [9.17, 15) is 28.1 Å². The molecule has 26 heavy (non-hydrogen) atoms. The molecule has 0 aliphatic carbocycles. The summed E-state index contributed by atoms with van der Waals surface area (Å²) in [4.78, 5) is 23.7. The first-order valence-electron chi connectivity index (χ1n) is 7.70. The number of benzene rings is 2. The van der Waals surface area contributed by atoms with Crippen LogP contribution in [0.4, 0.5) is 24.5 Å². The van der Waals surface area contributed by atoms with Gasteiger partial charge in [-0.1, -0.05) is 30.3 Å². The SMILES string of the molecule is O=C(/C(=C\N1CCc2cc([N+](=O)[O-])ccc21)c1ccccc1)C(F)(F)F. The largest absolute Gasteiger partial charge is 0.454 e. The van der Waals surface area contributed by atoms with Crippen LogP contribution >= 0.6 is 0 Å². The van der Waals surface area contributed by atoms with Crippen LogP contribution in [0.1, 0.15) is 11.1 Å². The zero-order valence-electron chi connectivity index (χ0n) is 13.4. The molecule has 0 spiro atoms. The molecule has 5 nitrogen and oxygen atoms in total. The molecule has 1 heterocycles. The van der Waals surface area contributed by atoms with E-state index in [1.165, 1.54) is 41.4 Å². The third kappa shape index (κ3) is 3.44. The number of anilines is 1. The van der Waals surface area contributed by atoms with Crippen molar-refractivity contribution in [3.8, 4) is 0 Å². The number of allylic oxidation sites excluding steroid dienone is 1. The van der Waals surface area contributed by atoms with Crippen molar-refractivity contribution in [2.75, 3.05) is 11.4 Å². The van der Waals surface area contributed by atoms with Crippen molar-refractivity contribution in [1.29, 1.82) is 0 Å². The third-order valence-electron chi connectivity index (χ3n) is 4.08. The summed E-state index contributed by atoms with van der Waals surface area (Å²) in [5, 5.41) is 10.9. The van der Waals surface area contributed by atoms with Crippen molar-refractivity contribution in [1.82, 2.24) is 0 Å². The molecule has 3 rings (SSSR count). The van der Waals surface area contributed by atoms with E-state index in [-0.39, 0.29) is 11.3 Å². The van der Waals surface area contributed by atoms with Gasteiger partial charge in [0.2, 0.25) is 0 Å². The summed E-state index contributed by atoms with van der Waals surface area (Å²) in [7, 11) is 0. The summed E-state index contributed by atoms with van der Waals surface area (Å²) in [6.45, 7) is 0.331. The lowest BCUT2D eigenvalue weighted by Gasteiger charge is -2.18. The first-order valence-corrected chi connectivity index (χ1v) is 7.70. The average molecular weight is 362 g/mol. The molecule has 1 aliphatic rings. The number of fused-ring (bicyclic) bond motifs is 1. The van der Waals surface area contributed by atoms with E-state index in [4.69, 9.17) is 0 Å². The Balaban J connectivity index is 2.03. The van der Waals surface area contributed by atoms with Crippen molar-refractivity contribution in [2.24, 2.45) is 0 Å². The molecular formula is C18H13F3N2O3. The van der Waals surface area contributed by atoms with E-state index in [0.717, 1.165) is 0 Å². The lowest BCUT2D eigenvalue weighted by atomic mass is 10.0. The molecule has 2 aromatic carbocycles. The predicted molar refractivity (Wildman–Crippen MR) is 89.6 cm³/mol. The van der Waals surface area contributed by atoms with Gasteiger partial charge in [-0.25, -0.2) is 0 Å². The second-order valence-electron chi connectivity index (χ2n) is 5.75. The van der Waals surface area contributed by atoms with Crippen LogP contribution in [-0.2, 0) is 11.2 Å². The van der Waals surface area contributed by atoms with Crippen LogP contribution in [-0.4, -0.2) is 23.4 Å². The third-order valence-corrected chi connectivity index (χ3v) is 4.08. The summed E-state index contributed by atoms with van der Waals surface area (Å²) < 4.78 is 39.0. The second kappa shape index (κ2) is 6.62. The standard InChI is InChI=1S/C18H13F3N2O3/c19-18(20,21)17(24)15(12-4-2-1-3-5-12)11-22-9-8-13-10-14(23(25)26)6-7-16(13)22/h1-7,10-11H,8-9H2/b15-11-. The molecule has 0 radical (unpaired) electrons. The van der Waals surface area contributed by atoms with Crippen LogP contribution in [0, 0.1) is 10.1 Å².